The van der Waals surface area contributed by atoms with E-state index in [0.29, 0.717) is 18.0 Å². The van der Waals surface area contributed by atoms with Gasteiger partial charge in [-0.1, -0.05) is 31.0 Å². The first kappa shape index (κ1) is 23.9. The van der Waals surface area contributed by atoms with Gasteiger partial charge in [0.25, 0.3) is 0 Å². The number of aliphatic imine (C=N–C) groups is 2. The van der Waals surface area contributed by atoms with Crippen LogP contribution in [0.4, 0.5) is 11.4 Å². The van der Waals surface area contributed by atoms with Crippen LogP contribution in [0.25, 0.3) is 0 Å². The molecule has 0 unspecified atom stereocenters. The van der Waals surface area contributed by atoms with Gasteiger partial charge >= 0.3 is 0 Å². The van der Waals surface area contributed by atoms with E-state index in [2.05, 4.69) is 81.5 Å². The third kappa shape index (κ3) is 6.64. The molecule has 3 aliphatic rings. The zero-order valence-corrected chi connectivity index (χ0v) is 21.1. The molecule has 0 spiro atoms. The van der Waals surface area contributed by atoms with Gasteiger partial charge < -0.3 is 20.4 Å². The lowest BCUT2D eigenvalue weighted by molar-refractivity contribution is 0.253. The van der Waals surface area contributed by atoms with Crippen molar-refractivity contribution in [3.05, 3.63) is 46.9 Å². The van der Waals surface area contributed by atoms with Crippen molar-refractivity contribution < 1.29 is 0 Å². The van der Waals surface area contributed by atoms with Gasteiger partial charge in [-0.2, -0.15) is 0 Å². The minimum atomic E-state index is 0.595. The highest BCUT2D eigenvalue weighted by atomic mass is 32.2. The number of allylic oxidation sites excluding steroid dienone is 2. The molecule has 178 valence electrons. The maximum absolute atomic E-state index is 4.80. The van der Waals surface area contributed by atoms with Crippen LogP contribution in [0.1, 0.15) is 44.9 Å². The molecule has 2 N–H and O–H groups in total. The summed E-state index contributed by atoms with van der Waals surface area (Å²) in [7, 11) is 6.20. The fraction of sp³-hybridized carbons (Fsp3) is 0.538. The molecule has 1 saturated carbocycles. The molecule has 0 radical (unpaired) electrons. The lowest BCUT2D eigenvalue weighted by atomic mass is 9.96. The summed E-state index contributed by atoms with van der Waals surface area (Å²) >= 11 is 1.71. The van der Waals surface area contributed by atoms with Crippen molar-refractivity contribution in [2.45, 2.75) is 57.0 Å². The number of hydrogen-bond donors (Lipinski definition) is 2. The van der Waals surface area contributed by atoms with Crippen LogP contribution in [0, 0.1) is 0 Å². The Morgan fingerprint density at radius 3 is 2.52 bits per heavy atom. The molecule has 1 saturated heterocycles. The number of piperidine rings is 1. The Kier molecular flexibility index (Phi) is 8.51. The van der Waals surface area contributed by atoms with Crippen molar-refractivity contribution in [1.29, 1.82) is 0 Å². The van der Waals surface area contributed by atoms with Crippen molar-refractivity contribution in [3.8, 4) is 0 Å². The van der Waals surface area contributed by atoms with Crippen LogP contribution in [-0.2, 0) is 0 Å². The van der Waals surface area contributed by atoms with E-state index in [0.717, 1.165) is 16.3 Å². The highest BCUT2D eigenvalue weighted by Crippen LogP contribution is 2.27. The third-order valence-electron chi connectivity index (χ3n) is 6.93. The van der Waals surface area contributed by atoms with Crippen LogP contribution in [-0.4, -0.2) is 62.9 Å². The van der Waals surface area contributed by atoms with Crippen LogP contribution >= 0.6 is 11.8 Å². The maximum Gasteiger partial charge on any atom is 0.222 e. The number of rotatable bonds is 5. The fourth-order valence-corrected chi connectivity index (χ4v) is 5.44. The van der Waals surface area contributed by atoms with Crippen LogP contribution < -0.4 is 15.5 Å². The van der Waals surface area contributed by atoms with Gasteiger partial charge in [-0.25, -0.2) is 4.99 Å². The molecule has 1 aliphatic carbocycles. The first-order chi connectivity index (χ1) is 16.1. The van der Waals surface area contributed by atoms with Gasteiger partial charge in [-0.15, -0.1) is 0 Å². The number of likely N-dealkylation sites (tertiary alicyclic amines) is 1. The molecule has 2 heterocycles. The Bertz CT molecular complexity index is 890. The molecule has 1 aromatic rings. The van der Waals surface area contributed by atoms with Crippen molar-refractivity contribution >= 4 is 34.8 Å². The Hall–Kier alpha value is -2.25. The number of nitrogens with one attached hydrogen (secondary N) is 2. The SMILES string of the molecule is C\N=C(/N=C1/C=CS/C1=C\NC1CCCCC1)Nc1ccc(N(C)C2CCN(C)CC2)cc1. The molecule has 0 bridgehead atoms. The molecule has 1 aromatic carbocycles. The van der Waals surface area contributed by atoms with Crippen LogP contribution in [0.15, 0.2) is 56.8 Å². The molecular weight excluding hydrogens is 428 g/mol. The third-order valence-corrected chi connectivity index (χ3v) is 7.79. The Morgan fingerprint density at radius 1 is 1.09 bits per heavy atom. The largest absolute Gasteiger partial charge is 0.387 e. The highest BCUT2D eigenvalue weighted by molar-refractivity contribution is 8.07. The normalized spacial score (nSPS) is 23.4. The second-order valence-corrected chi connectivity index (χ2v) is 10.2. The number of anilines is 2. The number of nitrogens with zero attached hydrogens (tertiary/aromatic N) is 4. The van der Waals surface area contributed by atoms with Crippen LogP contribution in [0.3, 0.4) is 0 Å². The van der Waals surface area contributed by atoms with Gasteiger partial charge in [0, 0.05) is 43.8 Å². The van der Waals surface area contributed by atoms with E-state index < -0.39 is 0 Å². The van der Waals surface area contributed by atoms with Crippen molar-refractivity contribution in [3.63, 3.8) is 0 Å². The van der Waals surface area contributed by atoms with E-state index in [1.165, 1.54) is 63.7 Å². The lowest BCUT2D eigenvalue weighted by Gasteiger charge is -2.36. The molecule has 0 aromatic heterocycles. The van der Waals surface area contributed by atoms with Crippen molar-refractivity contribution in [1.82, 2.24) is 10.2 Å². The van der Waals surface area contributed by atoms with Gasteiger partial charge in [0.05, 0.1) is 10.6 Å². The minimum Gasteiger partial charge on any atom is -0.387 e. The summed E-state index contributed by atoms with van der Waals surface area (Å²) < 4.78 is 0. The summed E-state index contributed by atoms with van der Waals surface area (Å²) in [5, 5.41) is 9.08. The highest BCUT2D eigenvalue weighted by Gasteiger charge is 2.21. The van der Waals surface area contributed by atoms with E-state index in [1.54, 1.807) is 18.8 Å². The second-order valence-electron chi connectivity index (χ2n) is 9.29. The van der Waals surface area contributed by atoms with E-state index in [-0.39, 0.29) is 0 Å². The maximum atomic E-state index is 4.80. The average molecular weight is 467 g/mol. The number of thioether (sulfide) groups is 1. The smallest absolute Gasteiger partial charge is 0.222 e. The molecule has 0 amide bonds. The van der Waals surface area contributed by atoms with Gasteiger partial charge in [-0.05, 0) is 81.6 Å². The van der Waals surface area contributed by atoms with Gasteiger partial charge in [-0.3, -0.25) is 4.99 Å². The molecular formula is C26H38N6S. The van der Waals surface area contributed by atoms with Crippen LogP contribution in [0.5, 0.6) is 0 Å². The molecule has 4 rings (SSSR count). The zero-order valence-electron chi connectivity index (χ0n) is 20.3. The number of benzene rings is 1. The molecule has 7 heteroatoms. The summed E-state index contributed by atoms with van der Waals surface area (Å²) in [5.74, 6) is 0.622. The zero-order chi connectivity index (χ0) is 23.0. The van der Waals surface area contributed by atoms with Crippen molar-refractivity contribution in [2.24, 2.45) is 9.98 Å². The number of guanidine groups is 1. The summed E-state index contributed by atoms with van der Waals surface area (Å²) in [5.41, 5.74) is 3.21. The van der Waals surface area contributed by atoms with Gasteiger partial charge in [0.2, 0.25) is 5.96 Å². The fourth-order valence-electron chi connectivity index (χ4n) is 4.73. The van der Waals surface area contributed by atoms with E-state index >= 15 is 0 Å². The van der Waals surface area contributed by atoms with Gasteiger partial charge in [0.1, 0.15) is 0 Å². The first-order valence-electron chi connectivity index (χ1n) is 12.3. The molecule has 6 nitrogen and oxygen atoms in total. The molecule has 2 aliphatic heterocycles. The van der Waals surface area contributed by atoms with Crippen molar-refractivity contribution in [2.75, 3.05) is 44.4 Å². The monoisotopic (exact) mass is 466 g/mol. The minimum absolute atomic E-state index is 0.595. The summed E-state index contributed by atoms with van der Waals surface area (Å²) in [6.45, 7) is 2.34. The first-order valence-corrected chi connectivity index (χ1v) is 13.1. The Morgan fingerprint density at radius 2 is 1.82 bits per heavy atom. The predicted molar refractivity (Wildman–Crippen MR) is 145 cm³/mol. The van der Waals surface area contributed by atoms with Crippen LogP contribution in [0.2, 0.25) is 0 Å². The quantitative estimate of drug-likeness (QED) is 0.468. The van der Waals surface area contributed by atoms with E-state index in [1.807, 2.05) is 0 Å². The molecule has 33 heavy (non-hydrogen) atoms. The summed E-state index contributed by atoms with van der Waals surface area (Å²) in [6.07, 6.45) is 13.2. The second kappa shape index (κ2) is 11.7. The predicted octanol–water partition coefficient (Wildman–Crippen LogP) is 5.08. The average Bonchev–Trinajstić information content (AvgIpc) is 3.30. The number of hydrogen-bond acceptors (Lipinski definition) is 5. The standard InChI is InChI=1S/C26H38N6S/c1-27-26(30-24-15-18-33-25(24)19-28-20-7-5-4-6-8-20)29-21-9-11-22(12-10-21)32(3)23-13-16-31(2)17-14-23/h9-12,15,18-20,23,28H,4-8,13-14,16-17H2,1-3H3,(H,27,29)/b25-19-,30-24-. The molecule has 2 fully saturated rings. The summed E-state index contributed by atoms with van der Waals surface area (Å²) in [4.78, 5) is 15.2. The Labute approximate surface area is 203 Å². The Balaban J connectivity index is 1.36. The van der Waals surface area contributed by atoms with E-state index in [9.17, 15) is 0 Å². The lowest BCUT2D eigenvalue weighted by Crippen LogP contribution is -2.41. The molecule has 0 atom stereocenters. The van der Waals surface area contributed by atoms with E-state index in [4.69, 9.17) is 4.99 Å². The topological polar surface area (TPSA) is 55.3 Å². The van der Waals surface area contributed by atoms with Gasteiger partial charge in [0.15, 0.2) is 0 Å². The summed E-state index contributed by atoms with van der Waals surface area (Å²) in [6, 6.07) is 9.81.